The highest BCUT2D eigenvalue weighted by Crippen LogP contribution is 2.34. The van der Waals surface area contributed by atoms with Gasteiger partial charge in [-0.2, -0.15) is 0 Å². The lowest BCUT2D eigenvalue weighted by atomic mass is 10.1. The summed E-state index contributed by atoms with van der Waals surface area (Å²) in [6.07, 6.45) is 6.58. The van der Waals surface area contributed by atoms with E-state index in [4.69, 9.17) is 5.84 Å². The molecule has 94 valence electrons. The predicted molar refractivity (Wildman–Crippen MR) is 65.6 cm³/mol. The molecule has 0 radical (unpaired) electrons. The zero-order chi connectivity index (χ0) is 12.0. The second-order valence-corrected chi connectivity index (χ2v) is 4.94. The van der Waals surface area contributed by atoms with Crippen molar-refractivity contribution >= 4 is 5.91 Å². The number of carbonyl (C=O) groups excluding carboxylic acids is 1. The predicted octanol–water partition coefficient (Wildman–Crippen LogP) is 1.27. The van der Waals surface area contributed by atoms with Gasteiger partial charge in [0, 0.05) is 12.5 Å². The molecule has 16 heavy (non-hydrogen) atoms. The van der Waals surface area contributed by atoms with Crippen molar-refractivity contribution in [3.8, 4) is 0 Å². The van der Waals surface area contributed by atoms with Crippen molar-refractivity contribution in [3.63, 3.8) is 0 Å². The minimum Gasteiger partial charge on any atom is -0.303 e. The molecule has 0 aromatic heterocycles. The number of nitrogens with zero attached hydrogens (tertiary/aromatic N) is 1. The van der Waals surface area contributed by atoms with Crippen LogP contribution in [0.3, 0.4) is 0 Å². The number of hydrazine groups is 1. The van der Waals surface area contributed by atoms with Gasteiger partial charge in [-0.3, -0.25) is 10.2 Å². The average Bonchev–Trinajstić information content (AvgIpc) is 3.10. The minimum absolute atomic E-state index is 0.0558. The van der Waals surface area contributed by atoms with Crippen LogP contribution in [-0.4, -0.2) is 30.4 Å². The Morgan fingerprint density at radius 3 is 2.69 bits per heavy atom. The molecule has 1 saturated carbocycles. The van der Waals surface area contributed by atoms with Gasteiger partial charge < -0.3 is 4.90 Å². The van der Waals surface area contributed by atoms with Crippen molar-refractivity contribution in [2.75, 3.05) is 13.6 Å². The highest BCUT2D eigenvalue weighted by molar-refractivity contribution is 5.74. The maximum absolute atomic E-state index is 10.9. The number of unbranched alkanes of at least 4 members (excludes halogenated alkanes) is 2. The van der Waals surface area contributed by atoms with Crippen LogP contribution in [-0.2, 0) is 4.79 Å². The number of hydrogen-bond acceptors (Lipinski definition) is 3. The van der Waals surface area contributed by atoms with E-state index in [2.05, 4.69) is 24.3 Å². The lowest BCUT2D eigenvalue weighted by Crippen LogP contribution is -2.31. The van der Waals surface area contributed by atoms with Crippen LogP contribution in [0, 0.1) is 5.92 Å². The standard InChI is InChI=1S/C12H25N3O/c1-10(11-7-8-11)15(2)9-5-3-4-6-12(16)14-13/h10-11H,3-9,13H2,1-2H3,(H,14,16). The molecule has 0 saturated heterocycles. The second kappa shape index (κ2) is 6.86. The summed E-state index contributed by atoms with van der Waals surface area (Å²) in [6, 6.07) is 0.729. The first-order valence-electron chi connectivity index (χ1n) is 6.35. The quantitative estimate of drug-likeness (QED) is 0.284. The van der Waals surface area contributed by atoms with Gasteiger partial charge in [0.2, 0.25) is 5.91 Å². The number of nitrogens with one attached hydrogen (secondary N) is 1. The number of carbonyl (C=O) groups is 1. The molecule has 0 aliphatic heterocycles. The van der Waals surface area contributed by atoms with Crippen LogP contribution in [0.15, 0.2) is 0 Å². The van der Waals surface area contributed by atoms with Gasteiger partial charge in [-0.25, -0.2) is 5.84 Å². The molecule has 0 spiro atoms. The highest BCUT2D eigenvalue weighted by atomic mass is 16.2. The molecule has 0 bridgehead atoms. The number of nitrogens with two attached hydrogens (primary N) is 1. The Labute approximate surface area is 98.5 Å². The zero-order valence-electron chi connectivity index (χ0n) is 10.5. The Kier molecular flexibility index (Phi) is 5.77. The summed E-state index contributed by atoms with van der Waals surface area (Å²) in [6.45, 7) is 3.46. The molecule has 0 heterocycles. The van der Waals surface area contributed by atoms with E-state index in [9.17, 15) is 4.79 Å². The van der Waals surface area contributed by atoms with Crippen LogP contribution in [0.2, 0.25) is 0 Å². The van der Waals surface area contributed by atoms with Crippen LogP contribution in [0.1, 0.15) is 45.4 Å². The fourth-order valence-electron chi connectivity index (χ4n) is 2.04. The van der Waals surface area contributed by atoms with Crippen molar-refractivity contribution in [1.82, 2.24) is 10.3 Å². The summed E-state index contributed by atoms with van der Waals surface area (Å²) >= 11 is 0. The van der Waals surface area contributed by atoms with E-state index in [-0.39, 0.29) is 5.91 Å². The summed E-state index contributed by atoms with van der Waals surface area (Å²) in [4.78, 5) is 13.3. The van der Waals surface area contributed by atoms with Crippen molar-refractivity contribution in [3.05, 3.63) is 0 Å². The van der Waals surface area contributed by atoms with Crippen LogP contribution >= 0.6 is 0 Å². The molecule has 0 aromatic rings. The Balaban J connectivity index is 1.95. The topological polar surface area (TPSA) is 58.4 Å². The normalized spacial score (nSPS) is 17.5. The molecule has 1 unspecified atom stereocenters. The molecule has 4 heteroatoms. The second-order valence-electron chi connectivity index (χ2n) is 4.94. The fourth-order valence-corrected chi connectivity index (χ4v) is 2.04. The molecule has 1 rings (SSSR count). The Morgan fingerprint density at radius 1 is 1.44 bits per heavy atom. The van der Waals surface area contributed by atoms with Crippen LogP contribution in [0.25, 0.3) is 0 Å². The van der Waals surface area contributed by atoms with Gasteiger partial charge in [0.25, 0.3) is 0 Å². The Bertz CT molecular complexity index is 216. The summed E-state index contributed by atoms with van der Waals surface area (Å²) in [5.41, 5.74) is 2.16. The number of rotatable bonds is 8. The molecular formula is C12H25N3O. The van der Waals surface area contributed by atoms with E-state index in [0.29, 0.717) is 6.42 Å². The number of hydrogen-bond donors (Lipinski definition) is 2. The lowest BCUT2D eigenvalue weighted by Gasteiger charge is -2.24. The van der Waals surface area contributed by atoms with Crippen LogP contribution in [0.4, 0.5) is 0 Å². The molecule has 3 N–H and O–H groups in total. The van der Waals surface area contributed by atoms with Crippen LogP contribution < -0.4 is 11.3 Å². The first-order chi connectivity index (χ1) is 7.65. The maximum Gasteiger partial charge on any atom is 0.233 e. The first-order valence-corrected chi connectivity index (χ1v) is 6.35. The summed E-state index contributed by atoms with van der Waals surface area (Å²) in [5.74, 6) is 5.89. The molecule has 0 aromatic carbocycles. The monoisotopic (exact) mass is 227 g/mol. The van der Waals surface area contributed by atoms with Gasteiger partial charge in [0.15, 0.2) is 0 Å². The third-order valence-electron chi connectivity index (χ3n) is 3.58. The molecule has 1 aliphatic carbocycles. The lowest BCUT2D eigenvalue weighted by molar-refractivity contribution is -0.121. The van der Waals surface area contributed by atoms with Gasteiger partial charge in [0.1, 0.15) is 0 Å². The van der Waals surface area contributed by atoms with Crippen molar-refractivity contribution in [2.24, 2.45) is 11.8 Å². The van der Waals surface area contributed by atoms with Gasteiger partial charge in [-0.05, 0) is 52.1 Å². The van der Waals surface area contributed by atoms with Crippen molar-refractivity contribution in [1.29, 1.82) is 0 Å². The van der Waals surface area contributed by atoms with E-state index < -0.39 is 0 Å². The SMILES string of the molecule is CC(C1CC1)N(C)CCCCCC(=O)NN. The summed E-state index contributed by atoms with van der Waals surface area (Å²) in [5, 5.41) is 0. The Morgan fingerprint density at radius 2 is 2.12 bits per heavy atom. The van der Waals surface area contributed by atoms with Crippen LogP contribution in [0.5, 0.6) is 0 Å². The third-order valence-corrected chi connectivity index (χ3v) is 3.58. The van der Waals surface area contributed by atoms with Gasteiger partial charge in [-0.15, -0.1) is 0 Å². The molecule has 1 amide bonds. The maximum atomic E-state index is 10.9. The van der Waals surface area contributed by atoms with Crippen molar-refractivity contribution < 1.29 is 4.79 Å². The van der Waals surface area contributed by atoms with Gasteiger partial charge in [-0.1, -0.05) is 6.42 Å². The molecule has 4 nitrogen and oxygen atoms in total. The van der Waals surface area contributed by atoms with E-state index >= 15 is 0 Å². The van der Waals surface area contributed by atoms with Gasteiger partial charge in [0.05, 0.1) is 0 Å². The molecule has 1 atom stereocenters. The van der Waals surface area contributed by atoms with E-state index in [1.54, 1.807) is 0 Å². The molecule has 1 aliphatic rings. The first kappa shape index (κ1) is 13.5. The fraction of sp³-hybridized carbons (Fsp3) is 0.917. The highest BCUT2D eigenvalue weighted by Gasteiger charge is 2.29. The van der Waals surface area contributed by atoms with E-state index in [1.165, 1.54) is 19.3 Å². The minimum atomic E-state index is -0.0558. The zero-order valence-corrected chi connectivity index (χ0v) is 10.5. The smallest absolute Gasteiger partial charge is 0.233 e. The van der Waals surface area contributed by atoms with Gasteiger partial charge >= 0.3 is 0 Å². The van der Waals surface area contributed by atoms with E-state index in [1.807, 2.05) is 0 Å². The average molecular weight is 227 g/mol. The number of amides is 1. The molecule has 1 fully saturated rings. The Hall–Kier alpha value is -0.610. The molecular weight excluding hydrogens is 202 g/mol. The van der Waals surface area contributed by atoms with E-state index in [0.717, 1.165) is 31.3 Å². The summed E-state index contributed by atoms with van der Waals surface area (Å²) < 4.78 is 0. The van der Waals surface area contributed by atoms with Crippen molar-refractivity contribution in [2.45, 2.75) is 51.5 Å². The third kappa shape index (κ3) is 4.94. The largest absolute Gasteiger partial charge is 0.303 e. The summed E-state index contributed by atoms with van der Waals surface area (Å²) in [7, 11) is 2.20.